The van der Waals surface area contributed by atoms with Crippen molar-refractivity contribution >= 4 is 0 Å². The first kappa shape index (κ1) is 11.5. The molecule has 0 spiro atoms. The average Bonchev–Trinajstić information content (AvgIpc) is 2.87. The van der Waals surface area contributed by atoms with Crippen LogP contribution in [0.2, 0.25) is 0 Å². The fourth-order valence-electron chi connectivity index (χ4n) is 2.70. The van der Waals surface area contributed by atoms with Crippen molar-refractivity contribution in [2.75, 3.05) is 13.1 Å². The molecule has 3 rings (SSSR count). The molecule has 1 saturated heterocycles. The summed E-state index contributed by atoms with van der Waals surface area (Å²) in [4.78, 5) is 0. The van der Waals surface area contributed by atoms with Crippen LogP contribution in [-0.4, -0.2) is 22.9 Å². The standard InChI is InChI=1S/C15H19N3/c1-18-11-15(10-17-18)14-4-2-3-13(9-14)12-5-7-16-8-6-12/h2-4,9-12,16H,5-8H2,1H3. The van der Waals surface area contributed by atoms with Gasteiger partial charge in [-0.25, -0.2) is 0 Å². The molecule has 2 heterocycles. The van der Waals surface area contributed by atoms with Gasteiger partial charge in [0.25, 0.3) is 0 Å². The van der Waals surface area contributed by atoms with Gasteiger partial charge < -0.3 is 5.32 Å². The fourth-order valence-corrected chi connectivity index (χ4v) is 2.70. The quantitative estimate of drug-likeness (QED) is 0.875. The summed E-state index contributed by atoms with van der Waals surface area (Å²) < 4.78 is 1.85. The highest BCUT2D eigenvalue weighted by atomic mass is 15.2. The van der Waals surface area contributed by atoms with Crippen LogP contribution in [0.15, 0.2) is 36.7 Å². The van der Waals surface area contributed by atoms with Crippen LogP contribution in [0.1, 0.15) is 24.3 Å². The molecule has 1 aromatic heterocycles. The number of hydrogen-bond acceptors (Lipinski definition) is 2. The van der Waals surface area contributed by atoms with E-state index >= 15 is 0 Å². The normalized spacial score (nSPS) is 16.9. The number of nitrogens with zero attached hydrogens (tertiary/aromatic N) is 2. The van der Waals surface area contributed by atoms with E-state index in [2.05, 4.69) is 40.9 Å². The number of aryl methyl sites for hydroxylation is 1. The van der Waals surface area contributed by atoms with E-state index < -0.39 is 0 Å². The minimum absolute atomic E-state index is 0.711. The molecule has 1 N–H and O–H groups in total. The first-order valence-electron chi connectivity index (χ1n) is 6.62. The zero-order chi connectivity index (χ0) is 12.4. The minimum atomic E-state index is 0.711. The highest BCUT2D eigenvalue weighted by molar-refractivity contribution is 5.62. The zero-order valence-corrected chi connectivity index (χ0v) is 10.8. The summed E-state index contributed by atoms with van der Waals surface area (Å²) in [6.07, 6.45) is 6.50. The van der Waals surface area contributed by atoms with Gasteiger partial charge in [-0.15, -0.1) is 0 Å². The lowest BCUT2D eigenvalue weighted by Gasteiger charge is -2.23. The van der Waals surface area contributed by atoms with Gasteiger partial charge in [0.2, 0.25) is 0 Å². The molecule has 3 heteroatoms. The van der Waals surface area contributed by atoms with Crippen LogP contribution in [0.3, 0.4) is 0 Å². The molecular weight excluding hydrogens is 222 g/mol. The van der Waals surface area contributed by atoms with E-state index in [0.717, 1.165) is 13.1 Å². The van der Waals surface area contributed by atoms with Gasteiger partial charge in [0.15, 0.2) is 0 Å². The van der Waals surface area contributed by atoms with Crippen molar-refractivity contribution in [3.63, 3.8) is 0 Å². The molecule has 0 saturated carbocycles. The average molecular weight is 241 g/mol. The third-order valence-corrected chi connectivity index (χ3v) is 3.74. The van der Waals surface area contributed by atoms with E-state index in [1.807, 2.05) is 17.9 Å². The van der Waals surface area contributed by atoms with Crippen LogP contribution < -0.4 is 5.32 Å². The summed E-state index contributed by atoms with van der Waals surface area (Å²) in [5.41, 5.74) is 3.95. The van der Waals surface area contributed by atoms with Gasteiger partial charge >= 0.3 is 0 Å². The number of benzene rings is 1. The van der Waals surface area contributed by atoms with Gasteiger partial charge in [0.1, 0.15) is 0 Å². The van der Waals surface area contributed by atoms with Gasteiger partial charge in [-0.1, -0.05) is 24.3 Å². The Balaban J connectivity index is 1.88. The van der Waals surface area contributed by atoms with Crippen molar-refractivity contribution in [2.24, 2.45) is 7.05 Å². The summed E-state index contributed by atoms with van der Waals surface area (Å²) in [5.74, 6) is 0.711. The van der Waals surface area contributed by atoms with Crippen LogP contribution in [-0.2, 0) is 7.05 Å². The summed E-state index contributed by atoms with van der Waals surface area (Å²) in [6, 6.07) is 8.92. The molecule has 0 radical (unpaired) electrons. The Labute approximate surface area is 108 Å². The molecule has 2 aromatic rings. The number of aromatic nitrogens is 2. The number of nitrogens with one attached hydrogen (secondary N) is 1. The van der Waals surface area contributed by atoms with E-state index in [9.17, 15) is 0 Å². The molecule has 0 aliphatic carbocycles. The number of rotatable bonds is 2. The molecule has 0 amide bonds. The Morgan fingerprint density at radius 1 is 1.22 bits per heavy atom. The molecule has 3 nitrogen and oxygen atoms in total. The van der Waals surface area contributed by atoms with Crippen LogP contribution in [0.4, 0.5) is 0 Å². The van der Waals surface area contributed by atoms with Crippen LogP contribution in [0.5, 0.6) is 0 Å². The van der Waals surface area contributed by atoms with Gasteiger partial charge in [-0.3, -0.25) is 4.68 Å². The van der Waals surface area contributed by atoms with Crippen LogP contribution >= 0.6 is 0 Å². The minimum Gasteiger partial charge on any atom is -0.317 e. The topological polar surface area (TPSA) is 29.9 Å². The van der Waals surface area contributed by atoms with Crippen molar-refractivity contribution in [2.45, 2.75) is 18.8 Å². The Hall–Kier alpha value is -1.61. The van der Waals surface area contributed by atoms with E-state index in [-0.39, 0.29) is 0 Å². The van der Waals surface area contributed by atoms with Crippen LogP contribution in [0, 0.1) is 0 Å². The second-order valence-corrected chi connectivity index (χ2v) is 5.05. The number of hydrogen-bond donors (Lipinski definition) is 1. The van der Waals surface area contributed by atoms with E-state index in [4.69, 9.17) is 0 Å². The van der Waals surface area contributed by atoms with Crippen molar-refractivity contribution < 1.29 is 0 Å². The molecule has 1 fully saturated rings. The second-order valence-electron chi connectivity index (χ2n) is 5.05. The molecule has 18 heavy (non-hydrogen) atoms. The summed E-state index contributed by atoms with van der Waals surface area (Å²) in [6.45, 7) is 2.28. The predicted octanol–water partition coefficient (Wildman–Crippen LogP) is 2.55. The van der Waals surface area contributed by atoms with E-state index in [1.54, 1.807) is 0 Å². The number of piperidine rings is 1. The van der Waals surface area contributed by atoms with E-state index in [1.165, 1.54) is 29.5 Å². The maximum atomic E-state index is 4.24. The zero-order valence-electron chi connectivity index (χ0n) is 10.8. The third kappa shape index (κ3) is 2.31. The third-order valence-electron chi connectivity index (χ3n) is 3.74. The van der Waals surface area contributed by atoms with Gasteiger partial charge in [-0.05, 0) is 43.0 Å². The summed E-state index contributed by atoms with van der Waals surface area (Å²) in [5, 5.41) is 7.66. The fraction of sp³-hybridized carbons (Fsp3) is 0.400. The smallest absolute Gasteiger partial charge is 0.0568 e. The molecule has 0 unspecified atom stereocenters. The van der Waals surface area contributed by atoms with Crippen molar-refractivity contribution in [1.29, 1.82) is 0 Å². The molecule has 94 valence electrons. The van der Waals surface area contributed by atoms with Gasteiger partial charge in [0, 0.05) is 18.8 Å². The largest absolute Gasteiger partial charge is 0.317 e. The maximum Gasteiger partial charge on any atom is 0.0568 e. The van der Waals surface area contributed by atoms with Gasteiger partial charge in [0.05, 0.1) is 6.20 Å². The molecule has 0 atom stereocenters. The predicted molar refractivity (Wildman–Crippen MR) is 73.5 cm³/mol. The Bertz CT molecular complexity index is 524. The lowest BCUT2D eigenvalue weighted by molar-refractivity contribution is 0.460. The van der Waals surface area contributed by atoms with Crippen molar-refractivity contribution in [3.8, 4) is 11.1 Å². The molecule has 1 aliphatic rings. The molecule has 1 aliphatic heterocycles. The Morgan fingerprint density at radius 2 is 2.06 bits per heavy atom. The first-order chi connectivity index (χ1) is 8.83. The van der Waals surface area contributed by atoms with Gasteiger partial charge in [-0.2, -0.15) is 5.10 Å². The maximum absolute atomic E-state index is 4.24. The molecule has 0 bridgehead atoms. The first-order valence-corrected chi connectivity index (χ1v) is 6.62. The lowest BCUT2D eigenvalue weighted by atomic mass is 9.89. The van der Waals surface area contributed by atoms with Crippen molar-refractivity contribution in [3.05, 3.63) is 42.2 Å². The highest BCUT2D eigenvalue weighted by Gasteiger charge is 2.15. The second kappa shape index (κ2) is 4.94. The lowest BCUT2D eigenvalue weighted by Crippen LogP contribution is -2.26. The van der Waals surface area contributed by atoms with Crippen LogP contribution in [0.25, 0.3) is 11.1 Å². The molecule has 1 aromatic carbocycles. The monoisotopic (exact) mass is 241 g/mol. The summed E-state index contributed by atoms with van der Waals surface area (Å²) >= 11 is 0. The van der Waals surface area contributed by atoms with Crippen molar-refractivity contribution in [1.82, 2.24) is 15.1 Å². The molecular formula is C15H19N3. The Kier molecular flexibility index (Phi) is 3.15. The highest BCUT2D eigenvalue weighted by Crippen LogP contribution is 2.28. The Morgan fingerprint density at radius 3 is 2.78 bits per heavy atom. The SMILES string of the molecule is Cn1cc(-c2cccc(C3CCNCC3)c2)cn1. The van der Waals surface area contributed by atoms with E-state index in [0.29, 0.717) is 5.92 Å². The summed E-state index contributed by atoms with van der Waals surface area (Å²) in [7, 11) is 1.96.